The number of carbonyl (C=O) groups excluding carboxylic acids is 1. The zero-order valence-corrected chi connectivity index (χ0v) is 18.9. The number of fused-ring (bicyclic) bond motifs is 1. The second-order valence-corrected chi connectivity index (χ2v) is 7.97. The zero-order chi connectivity index (χ0) is 23.8. The van der Waals surface area contributed by atoms with Gasteiger partial charge in [0, 0.05) is 6.08 Å². The summed E-state index contributed by atoms with van der Waals surface area (Å²) in [5.41, 5.74) is 4.05. The van der Waals surface area contributed by atoms with E-state index in [1.807, 2.05) is 60.7 Å². The number of benzene rings is 2. The minimum Gasteiger partial charge on any atom is -0.454 e. The Morgan fingerprint density at radius 1 is 0.824 bits per heavy atom. The van der Waals surface area contributed by atoms with Crippen molar-refractivity contribution in [2.75, 3.05) is 19.8 Å². The lowest BCUT2D eigenvalue weighted by Gasteiger charge is -2.16. The van der Waals surface area contributed by atoms with E-state index in [2.05, 4.69) is 13.2 Å². The predicted octanol–water partition coefficient (Wildman–Crippen LogP) is 4.73. The normalized spacial score (nSPS) is 23.9. The maximum Gasteiger partial charge on any atom is 0.331 e. The van der Waals surface area contributed by atoms with Gasteiger partial charge in [0.2, 0.25) is 0 Å². The van der Waals surface area contributed by atoms with Crippen molar-refractivity contribution in [2.45, 2.75) is 24.4 Å². The minimum absolute atomic E-state index is 0.253. The number of carbonyl (C=O) groups is 1. The lowest BCUT2D eigenvalue weighted by atomic mass is 10.1. The molecule has 0 radical (unpaired) electrons. The molecule has 34 heavy (non-hydrogen) atoms. The Balaban J connectivity index is 1.19. The van der Waals surface area contributed by atoms with Gasteiger partial charge < -0.3 is 14.2 Å². The third-order valence-corrected chi connectivity index (χ3v) is 5.65. The van der Waals surface area contributed by atoms with E-state index in [-0.39, 0.29) is 31.5 Å². The molecule has 2 aromatic carbocycles. The van der Waals surface area contributed by atoms with Crippen LogP contribution in [0.3, 0.4) is 0 Å². The average Bonchev–Trinajstić information content (AvgIpc) is 3.46. The van der Waals surface area contributed by atoms with Crippen molar-refractivity contribution >= 4 is 30.3 Å². The quantitative estimate of drug-likeness (QED) is 0.168. The number of esters is 1. The molecule has 0 unspecified atom stereocenters. The Hall–Kier alpha value is -3.29. The summed E-state index contributed by atoms with van der Waals surface area (Å²) in [7, 11) is 0. The summed E-state index contributed by atoms with van der Waals surface area (Å²) < 4.78 is 17.1. The largest absolute Gasteiger partial charge is 0.454 e. The third kappa shape index (κ3) is 6.18. The highest BCUT2D eigenvalue weighted by Gasteiger charge is 2.50. The molecule has 4 rings (SSSR count). The Bertz CT molecular complexity index is 1040. The SMILES string of the molecule is C=Cc1ccc(/C=C/COO[C@H]2CO[C@H]3[C@@H]2OC[C@H]3OC(=O)/C=C/c2ccc(C=C)cc2)cc1. The van der Waals surface area contributed by atoms with Crippen molar-refractivity contribution in [3.63, 3.8) is 0 Å². The molecule has 6 nitrogen and oxygen atoms in total. The second kappa shape index (κ2) is 11.7. The van der Waals surface area contributed by atoms with Crippen LogP contribution < -0.4 is 0 Å². The molecule has 176 valence electrons. The molecule has 4 atom stereocenters. The standard InChI is InChI=1S/C28H28O6/c1-3-20-7-11-22(12-8-20)6-5-17-32-34-25-19-31-27-24(18-30-28(25)27)33-26(29)16-15-23-13-9-21(4-2)10-14-23/h3-16,24-25,27-28H,1-2,17-19H2/b6-5+,16-15+/t24-,25+,27-,28-/m1/s1. The molecule has 2 aliphatic rings. The van der Waals surface area contributed by atoms with Gasteiger partial charge in [0.15, 0.2) is 6.10 Å². The van der Waals surface area contributed by atoms with Gasteiger partial charge >= 0.3 is 5.97 Å². The van der Waals surface area contributed by atoms with E-state index in [0.29, 0.717) is 6.61 Å². The lowest BCUT2D eigenvalue weighted by Crippen LogP contribution is -2.34. The lowest BCUT2D eigenvalue weighted by molar-refractivity contribution is -0.326. The van der Waals surface area contributed by atoms with Crippen molar-refractivity contribution < 1.29 is 28.8 Å². The van der Waals surface area contributed by atoms with Crippen LogP contribution in [0.25, 0.3) is 24.3 Å². The Morgan fingerprint density at radius 3 is 1.97 bits per heavy atom. The van der Waals surface area contributed by atoms with Gasteiger partial charge in [-0.05, 0) is 28.3 Å². The topological polar surface area (TPSA) is 63.2 Å². The molecule has 6 heteroatoms. The second-order valence-electron chi connectivity index (χ2n) is 7.97. The molecule has 0 amide bonds. The summed E-state index contributed by atoms with van der Waals surface area (Å²) >= 11 is 0. The third-order valence-electron chi connectivity index (χ3n) is 5.65. The molecule has 0 saturated carbocycles. The summed E-state index contributed by atoms with van der Waals surface area (Å²) in [4.78, 5) is 23.1. The van der Waals surface area contributed by atoms with E-state index in [1.165, 1.54) is 6.08 Å². The van der Waals surface area contributed by atoms with E-state index < -0.39 is 12.1 Å². The van der Waals surface area contributed by atoms with Crippen LogP contribution in [-0.2, 0) is 28.8 Å². The van der Waals surface area contributed by atoms with E-state index in [9.17, 15) is 4.79 Å². The van der Waals surface area contributed by atoms with Crippen LogP contribution in [0.5, 0.6) is 0 Å². The predicted molar refractivity (Wildman–Crippen MR) is 131 cm³/mol. The van der Waals surface area contributed by atoms with Gasteiger partial charge in [-0.15, -0.1) is 0 Å². The first-order valence-corrected chi connectivity index (χ1v) is 11.2. The number of hydrogen-bond acceptors (Lipinski definition) is 6. The van der Waals surface area contributed by atoms with Crippen molar-refractivity contribution in [1.82, 2.24) is 0 Å². The first-order valence-electron chi connectivity index (χ1n) is 11.2. The highest BCUT2D eigenvalue weighted by molar-refractivity contribution is 5.87. The smallest absolute Gasteiger partial charge is 0.331 e. The maximum atomic E-state index is 12.3. The van der Waals surface area contributed by atoms with Crippen LogP contribution >= 0.6 is 0 Å². The van der Waals surface area contributed by atoms with Gasteiger partial charge in [0.05, 0.1) is 13.2 Å². The minimum atomic E-state index is -0.489. The van der Waals surface area contributed by atoms with Gasteiger partial charge in [-0.25, -0.2) is 14.6 Å². The van der Waals surface area contributed by atoms with Crippen molar-refractivity contribution in [2.24, 2.45) is 0 Å². The maximum absolute atomic E-state index is 12.3. The highest BCUT2D eigenvalue weighted by Crippen LogP contribution is 2.30. The summed E-state index contributed by atoms with van der Waals surface area (Å²) in [5, 5.41) is 0. The van der Waals surface area contributed by atoms with Crippen LogP contribution in [0.1, 0.15) is 22.3 Å². The summed E-state index contributed by atoms with van der Waals surface area (Å²) in [6, 6.07) is 15.7. The molecule has 2 aliphatic heterocycles. The molecule has 2 heterocycles. The molecule has 0 aliphatic carbocycles. The first-order chi connectivity index (χ1) is 16.7. The fourth-order valence-electron chi connectivity index (χ4n) is 3.80. The summed E-state index contributed by atoms with van der Waals surface area (Å²) in [6.07, 6.45) is 8.91. The van der Waals surface area contributed by atoms with Gasteiger partial charge in [-0.1, -0.05) is 86.0 Å². The molecule has 2 aromatic rings. The molecule has 0 N–H and O–H groups in total. The van der Waals surface area contributed by atoms with Crippen molar-refractivity contribution in [1.29, 1.82) is 0 Å². The number of hydrogen-bond donors (Lipinski definition) is 0. The summed E-state index contributed by atoms with van der Waals surface area (Å²) in [5.74, 6) is -0.447. The molecular formula is C28H28O6. The number of rotatable bonds is 10. The number of ether oxygens (including phenoxy) is 3. The van der Waals surface area contributed by atoms with Crippen LogP contribution in [0.15, 0.2) is 73.8 Å². The van der Waals surface area contributed by atoms with Crippen molar-refractivity contribution in [3.05, 3.63) is 96.1 Å². The Kier molecular flexibility index (Phi) is 8.22. The molecule has 0 bridgehead atoms. The van der Waals surface area contributed by atoms with Crippen LogP contribution in [-0.4, -0.2) is 50.2 Å². The molecule has 2 saturated heterocycles. The van der Waals surface area contributed by atoms with Crippen LogP contribution in [0, 0.1) is 0 Å². The summed E-state index contributed by atoms with van der Waals surface area (Å²) in [6.45, 7) is 8.32. The molecule has 0 spiro atoms. The fourth-order valence-corrected chi connectivity index (χ4v) is 3.80. The molecular weight excluding hydrogens is 432 g/mol. The van der Waals surface area contributed by atoms with Gasteiger partial charge in [-0.3, -0.25) is 0 Å². The van der Waals surface area contributed by atoms with Gasteiger partial charge in [0.1, 0.15) is 24.9 Å². The van der Waals surface area contributed by atoms with E-state index >= 15 is 0 Å². The Morgan fingerprint density at radius 2 is 1.35 bits per heavy atom. The van der Waals surface area contributed by atoms with E-state index in [1.54, 1.807) is 18.2 Å². The molecule has 0 aromatic heterocycles. The zero-order valence-electron chi connectivity index (χ0n) is 18.9. The first kappa shape index (κ1) is 23.9. The van der Waals surface area contributed by atoms with E-state index in [0.717, 1.165) is 22.3 Å². The van der Waals surface area contributed by atoms with Crippen molar-refractivity contribution in [3.8, 4) is 0 Å². The van der Waals surface area contributed by atoms with E-state index in [4.69, 9.17) is 24.0 Å². The van der Waals surface area contributed by atoms with Crippen LogP contribution in [0.2, 0.25) is 0 Å². The fraction of sp³-hybridized carbons (Fsp3) is 0.250. The Labute approximate surface area is 199 Å². The van der Waals surface area contributed by atoms with Gasteiger partial charge in [0.25, 0.3) is 0 Å². The van der Waals surface area contributed by atoms with Crippen LogP contribution in [0.4, 0.5) is 0 Å². The average molecular weight is 461 g/mol. The highest BCUT2D eigenvalue weighted by atomic mass is 17.2. The monoisotopic (exact) mass is 460 g/mol. The molecule has 2 fully saturated rings. The van der Waals surface area contributed by atoms with Gasteiger partial charge in [-0.2, -0.15) is 0 Å².